The molecule has 0 aliphatic heterocycles. The zero-order chi connectivity index (χ0) is 10.6. The maximum atomic E-state index is 5.65. The number of nitrogens with two attached hydrogens (primary N) is 1. The molecule has 0 heterocycles. The maximum Gasteiger partial charge on any atom is 0.0590 e. The molecule has 0 saturated heterocycles. The van der Waals surface area contributed by atoms with Crippen LogP contribution in [0.4, 0.5) is 5.69 Å². The molecule has 0 spiro atoms. The van der Waals surface area contributed by atoms with E-state index in [1.165, 1.54) is 5.56 Å². The molecule has 1 rings (SSSR count). The predicted molar refractivity (Wildman–Crippen MR) is 60.2 cm³/mol. The van der Waals surface area contributed by atoms with Crippen LogP contribution in [-0.4, -0.2) is 12.2 Å². The molecule has 0 saturated carbocycles. The number of hydrogen-bond donors (Lipinski definition) is 1. The van der Waals surface area contributed by atoms with Gasteiger partial charge in [-0.1, -0.05) is 12.1 Å². The van der Waals surface area contributed by atoms with E-state index in [4.69, 9.17) is 10.5 Å². The summed E-state index contributed by atoms with van der Waals surface area (Å²) in [6, 6.07) is 7.96. The molecular weight excluding hydrogens is 174 g/mol. The van der Waals surface area contributed by atoms with Crippen molar-refractivity contribution in [3.63, 3.8) is 0 Å². The molecule has 0 amide bonds. The lowest BCUT2D eigenvalue weighted by Gasteiger charge is -2.15. The van der Waals surface area contributed by atoms with Crippen molar-refractivity contribution in [2.24, 2.45) is 0 Å². The highest BCUT2D eigenvalue weighted by Crippen LogP contribution is 2.10. The van der Waals surface area contributed by atoms with Gasteiger partial charge in [-0.15, -0.1) is 0 Å². The highest BCUT2D eigenvalue weighted by molar-refractivity contribution is 5.39. The number of ether oxygens (including phenoxy) is 1. The minimum atomic E-state index is 0.263. The van der Waals surface area contributed by atoms with E-state index in [-0.39, 0.29) is 6.10 Å². The summed E-state index contributed by atoms with van der Waals surface area (Å²) in [4.78, 5) is 0. The molecule has 78 valence electrons. The molecule has 14 heavy (non-hydrogen) atoms. The van der Waals surface area contributed by atoms with Gasteiger partial charge in [0.1, 0.15) is 0 Å². The Morgan fingerprint density at radius 2 is 1.71 bits per heavy atom. The van der Waals surface area contributed by atoms with Crippen LogP contribution in [0.25, 0.3) is 0 Å². The Hall–Kier alpha value is -1.02. The highest BCUT2D eigenvalue weighted by atomic mass is 16.5. The molecule has 2 N–H and O–H groups in total. The van der Waals surface area contributed by atoms with Gasteiger partial charge in [0, 0.05) is 5.69 Å². The first-order valence-electron chi connectivity index (χ1n) is 5.08. The van der Waals surface area contributed by atoms with Crippen LogP contribution < -0.4 is 5.73 Å². The Morgan fingerprint density at radius 1 is 1.14 bits per heavy atom. The lowest BCUT2D eigenvalue weighted by atomic mass is 10.1. The van der Waals surface area contributed by atoms with E-state index in [2.05, 4.69) is 32.9 Å². The smallest absolute Gasteiger partial charge is 0.0590 e. The van der Waals surface area contributed by atoms with E-state index in [9.17, 15) is 0 Å². The summed E-state index contributed by atoms with van der Waals surface area (Å²) in [7, 11) is 0. The van der Waals surface area contributed by atoms with Crippen LogP contribution in [0.2, 0.25) is 0 Å². The fraction of sp³-hybridized carbons (Fsp3) is 0.500. The van der Waals surface area contributed by atoms with Crippen molar-refractivity contribution in [3.05, 3.63) is 29.8 Å². The van der Waals surface area contributed by atoms with Crippen LogP contribution in [0, 0.1) is 0 Å². The fourth-order valence-electron chi connectivity index (χ4n) is 1.50. The molecule has 0 aliphatic rings. The van der Waals surface area contributed by atoms with Crippen LogP contribution in [0.3, 0.4) is 0 Å². The molecule has 0 fully saturated rings. The van der Waals surface area contributed by atoms with E-state index in [0.29, 0.717) is 6.10 Å². The van der Waals surface area contributed by atoms with E-state index >= 15 is 0 Å². The minimum Gasteiger partial charge on any atom is -0.399 e. The van der Waals surface area contributed by atoms with Gasteiger partial charge < -0.3 is 10.5 Å². The summed E-state index contributed by atoms with van der Waals surface area (Å²) in [5.41, 5.74) is 7.69. The summed E-state index contributed by atoms with van der Waals surface area (Å²) in [6.45, 7) is 6.20. The summed E-state index contributed by atoms with van der Waals surface area (Å²) in [6.07, 6.45) is 1.50. The summed E-state index contributed by atoms with van der Waals surface area (Å²) < 4.78 is 5.65. The zero-order valence-corrected chi connectivity index (χ0v) is 9.16. The zero-order valence-electron chi connectivity index (χ0n) is 9.16. The van der Waals surface area contributed by atoms with Crippen molar-refractivity contribution in [2.75, 3.05) is 5.73 Å². The largest absolute Gasteiger partial charge is 0.399 e. The summed E-state index contributed by atoms with van der Waals surface area (Å²) >= 11 is 0. The van der Waals surface area contributed by atoms with Crippen molar-refractivity contribution in [1.29, 1.82) is 0 Å². The molecule has 0 radical (unpaired) electrons. The molecule has 1 aromatic carbocycles. The number of nitrogen functional groups attached to an aromatic ring is 1. The average molecular weight is 193 g/mol. The summed E-state index contributed by atoms with van der Waals surface area (Å²) in [5.74, 6) is 0. The molecule has 2 heteroatoms. The maximum absolute atomic E-state index is 5.65. The molecule has 0 aliphatic carbocycles. The van der Waals surface area contributed by atoms with Crippen LogP contribution in [0.15, 0.2) is 24.3 Å². The molecule has 1 unspecified atom stereocenters. The molecule has 0 aromatic heterocycles. The van der Waals surface area contributed by atoms with E-state index in [1.54, 1.807) is 0 Å². The second kappa shape index (κ2) is 5.01. The molecule has 2 nitrogen and oxygen atoms in total. The third-order valence-electron chi connectivity index (χ3n) is 2.01. The summed E-state index contributed by atoms with van der Waals surface area (Å²) in [5, 5.41) is 0. The number of rotatable bonds is 4. The lowest BCUT2D eigenvalue weighted by Crippen LogP contribution is -2.16. The van der Waals surface area contributed by atoms with Gasteiger partial charge in [0.25, 0.3) is 0 Å². The van der Waals surface area contributed by atoms with Crippen molar-refractivity contribution < 1.29 is 4.74 Å². The number of benzene rings is 1. The molecule has 1 atom stereocenters. The van der Waals surface area contributed by atoms with Crippen LogP contribution in [0.1, 0.15) is 26.3 Å². The van der Waals surface area contributed by atoms with Crippen LogP contribution in [-0.2, 0) is 11.2 Å². The van der Waals surface area contributed by atoms with E-state index < -0.39 is 0 Å². The monoisotopic (exact) mass is 193 g/mol. The Kier molecular flexibility index (Phi) is 3.96. The van der Waals surface area contributed by atoms with Gasteiger partial charge in [0.05, 0.1) is 12.2 Å². The van der Waals surface area contributed by atoms with E-state index in [0.717, 1.165) is 12.1 Å². The standard InChI is InChI=1S/C12H19NO/c1-9(2)14-10(3)8-11-4-6-12(13)7-5-11/h4-7,9-10H,8,13H2,1-3H3. The van der Waals surface area contributed by atoms with Gasteiger partial charge >= 0.3 is 0 Å². The Balaban J connectivity index is 2.47. The Labute approximate surface area is 86.1 Å². The quantitative estimate of drug-likeness (QED) is 0.746. The Bertz CT molecular complexity index is 266. The van der Waals surface area contributed by atoms with Crippen LogP contribution >= 0.6 is 0 Å². The normalized spacial score (nSPS) is 13.1. The molecule has 0 bridgehead atoms. The Morgan fingerprint density at radius 3 is 2.21 bits per heavy atom. The molecular formula is C12H19NO. The first-order valence-corrected chi connectivity index (χ1v) is 5.08. The van der Waals surface area contributed by atoms with Gasteiger partial charge in [-0.3, -0.25) is 0 Å². The van der Waals surface area contributed by atoms with E-state index in [1.807, 2.05) is 12.1 Å². The second-order valence-electron chi connectivity index (χ2n) is 3.94. The first kappa shape index (κ1) is 11.1. The number of hydrogen-bond acceptors (Lipinski definition) is 2. The van der Waals surface area contributed by atoms with Crippen LogP contribution in [0.5, 0.6) is 0 Å². The SMILES string of the molecule is CC(C)OC(C)Cc1ccc(N)cc1. The second-order valence-corrected chi connectivity index (χ2v) is 3.94. The van der Waals surface area contributed by atoms with Crippen molar-refractivity contribution >= 4 is 5.69 Å². The third kappa shape index (κ3) is 3.79. The third-order valence-corrected chi connectivity index (χ3v) is 2.01. The lowest BCUT2D eigenvalue weighted by molar-refractivity contribution is 0.0195. The van der Waals surface area contributed by atoms with Crippen molar-refractivity contribution in [1.82, 2.24) is 0 Å². The predicted octanol–water partition coefficient (Wildman–Crippen LogP) is 2.62. The number of anilines is 1. The van der Waals surface area contributed by atoms with Gasteiger partial charge in [0.15, 0.2) is 0 Å². The minimum absolute atomic E-state index is 0.263. The average Bonchev–Trinajstić information content (AvgIpc) is 2.07. The fourth-order valence-corrected chi connectivity index (χ4v) is 1.50. The van der Waals surface area contributed by atoms with Gasteiger partial charge in [-0.25, -0.2) is 0 Å². The highest BCUT2D eigenvalue weighted by Gasteiger charge is 2.05. The van der Waals surface area contributed by atoms with Gasteiger partial charge in [-0.05, 0) is 44.9 Å². The molecule has 1 aromatic rings. The van der Waals surface area contributed by atoms with Gasteiger partial charge in [-0.2, -0.15) is 0 Å². The van der Waals surface area contributed by atoms with Crippen molar-refractivity contribution in [3.8, 4) is 0 Å². The van der Waals surface area contributed by atoms with Crippen molar-refractivity contribution in [2.45, 2.75) is 39.4 Å². The van der Waals surface area contributed by atoms with Gasteiger partial charge in [0.2, 0.25) is 0 Å². The first-order chi connectivity index (χ1) is 6.58. The topological polar surface area (TPSA) is 35.2 Å².